The maximum atomic E-state index is 10.1. The standard InChI is InChI=1S/C6H8O2/c1-5(7)3-4-6(2)8/h5-6H,1-2H3. The second-order valence-electron chi connectivity index (χ2n) is 1.57. The Bertz CT molecular complexity index is 93.4. The maximum Gasteiger partial charge on any atom is 0.150 e. The molecule has 0 aromatic heterocycles. The Hall–Kier alpha value is -0.520. The highest BCUT2D eigenvalue weighted by Gasteiger charge is 1.89. The van der Waals surface area contributed by atoms with Gasteiger partial charge < -0.3 is 0 Å². The van der Waals surface area contributed by atoms with Crippen molar-refractivity contribution in [2.75, 3.05) is 0 Å². The van der Waals surface area contributed by atoms with Gasteiger partial charge in [0.1, 0.15) is 0 Å². The van der Waals surface area contributed by atoms with Crippen molar-refractivity contribution < 1.29 is 10.2 Å². The molecular weight excluding hydrogens is 104 g/mol. The van der Waals surface area contributed by atoms with E-state index in [0.717, 1.165) is 0 Å². The fourth-order valence-corrected chi connectivity index (χ4v) is 0.235. The summed E-state index contributed by atoms with van der Waals surface area (Å²) >= 11 is 0. The van der Waals surface area contributed by atoms with Crippen LogP contribution in [-0.4, -0.2) is 12.2 Å². The summed E-state index contributed by atoms with van der Waals surface area (Å²) in [6.07, 6.45) is -1.85. The minimum Gasteiger partial charge on any atom is -0.219 e. The molecule has 0 saturated carbocycles. The molecule has 2 unspecified atom stereocenters. The third-order valence-electron chi connectivity index (χ3n) is 0.490. The molecule has 8 heavy (non-hydrogen) atoms. The van der Waals surface area contributed by atoms with Gasteiger partial charge in [0.25, 0.3) is 0 Å². The Kier molecular flexibility index (Phi) is 3.25. The van der Waals surface area contributed by atoms with Gasteiger partial charge in [-0.1, -0.05) is 11.8 Å². The fraction of sp³-hybridized carbons (Fsp3) is 0.667. The third kappa shape index (κ3) is 5.48. The zero-order chi connectivity index (χ0) is 6.57. The molecule has 0 aliphatic rings. The Labute approximate surface area is 49.2 Å². The van der Waals surface area contributed by atoms with E-state index >= 15 is 0 Å². The van der Waals surface area contributed by atoms with Crippen LogP contribution in [0.15, 0.2) is 0 Å². The normalized spacial score (nSPS) is 16.0. The van der Waals surface area contributed by atoms with E-state index in [-0.39, 0.29) is 0 Å². The van der Waals surface area contributed by atoms with Crippen LogP contribution in [0.4, 0.5) is 0 Å². The van der Waals surface area contributed by atoms with Crippen LogP contribution in [0.3, 0.4) is 0 Å². The molecule has 0 heterocycles. The zero-order valence-corrected chi connectivity index (χ0v) is 4.97. The monoisotopic (exact) mass is 112 g/mol. The van der Waals surface area contributed by atoms with Gasteiger partial charge >= 0.3 is 0 Å². The highest BCUT2D eigenvalue weighted by atomic mass is 16.3. The first-order valence-corrected chi connectivity index (χ1v) is 2.45. The molecule has 0 aromatic rings. The largest absolute Gasteiger partial charge is 0.219 e. The van der Waals surface area contributed by atoms with Crippen molar-refractivity contribution in [2.24, 2.45) is 0 Å². The molecule has 0 aliphatic carbocycles. The Morgan fingerprint density at radius 3 is 1.38 bits per heavy atom. The summed E-state index contributed by atoms with van der Waals surface area (Å²) in [6.45, 7) is 2.82. The summed E-state index contributed by atoms with van der Waals surface area (Å²) in [4.78, 5) is 0. The van der Waals surface area contributed by atoms with Crippen LogP contribution in [0, 0.1) is 11.8 Å². The van der Waals surface area contributed by atoms with Crippen LogP contribution in [0.25, 0.3) is 0 Å². The minimum atomic E-state index is -0.925. The predicted molar refractivity (Wildman–Crippen MR) is 28.1 cm³/mol. The van der Waals surface area contributed by atoms with Gasteiger partial charge in [0, 0.05) is 0 Å². The van der Waals surface area contributed by atoms with Gasteiger partial charge in [-0.25, -0.2) is 10.2 Å². The average Bonchev–Trinajstić information content (AvgIpc) is 1.61. The lowest BCUT2D eigenvalue weighted by atomic mass is 10.3. The molecule has 2 radical (unpaired) electrons. The lowest BCUT2D eigenvalue weighted by Crippen LogP contribution is -1.95. The van der Waals surface area contributed by atoms with Gasteiger partial charge in [0.05, 0.1) is 0 Å². The first-order chi connectivity index (χ1) is 3.63. The van der Waals surface area contributed by atoms with Gasteiger partial charge in [-0.15, -0.1) is 0 Å². The number of hydrogen-bond donors (Lipinski definition) is 0. The van der Waals surface area contributed by atoms with E-state index in [4.69, 9.17) is 0 Å². The Balaban J connectivity index is 3.50. The van der Waals surface area contributed by atoms with Crippen LogP contribution in [0.5, 0.6) is 0 Å². The summed E-state index contributed by atoms with van der Waals surface area (Å²) in [5.74, 6) is 4.45. The van der Waals surface area contributed by atoms with Crippen LogP contribution in [-0.2, 0) is 10.2 Å². The average molecular weight is 112 g/mol. The first-order valence-electron chi connectivity index (χ1n) is 2.45. The molecule has 44 valence electrons. The van der Waals surface area contributed by atoms with Crippen molar-refractivity contribution in [1.82, 2.24) is 0 Å². The summed E-state index contributed by atoms with van der Waals surface area (Å²) in [5.41, 5.74) is 0. The van der Waals surface area contributed by atoms with Gasteiger partial charge in [0.2, 0.25) is 0 Å². The minimum absolute atomic E-state index is 0.925. The zero-order valence-electron chi connectivity index (χ0n) is 4.97. The van der Waals surface area contributed by atoms with Gasteiger partial charge in [-0.3, -0.25) is 0 Å². The highest BCUT2D eigenvalue weighted by Crippen LogP contribution is 1.78. The molecule has 2 heteroatoms. The summed E-state index contributed by atoms with van der Waals surface area (Å²) in [6, 6.07) is 0. The molecule has 0 amide bonds. The van der Waals surface area contributed by atoms with Crippen LogP contribution < -0.4 is 0 Å². The quantitative estimate of drug-likeness (QED) is 0.412. The van der Waals surface area contributed by atoms with E-state index < -0.39 is 12.2 Å². The predicted octanol–water partition coefficient (Wildman–Crippen LogP) is 0.628. The molecule has 2 atom stereocenters. The topological polar surface area (TPSA) is 39.8 Å². The molecule has 0 spiro atoms. The van der Waals surface area contributed by atoms with E-state index in [2.05, 4.69) is 11.8 Å². The van der Waals surface area contributed by atoms with E-state index in [1.54, 1.807) is 0 Å². The number of hydrogen-bond acceptors (Lipinski definition) is 0. The fourth-order valence-electron chi connectivity index (χ4n) is 0.235. The molecule has 2 nitrogen and oxygen atoms in total. The summed E-state index contributed by atoms with van der Waals surface area (Å²) in [5, 5.41) is 20.2. The van der Waals surface area contributed by atoms with Crippen molar-refractivity contribution in [3.8, 4) is 11.8 Å². The Morgan fingerprint density at radius 2 is 1.25 bits per heavy atom. The second kappa shape index (κ2) is 3.48. The van der Waals surface area contributed by atoms with Crippen LogP contribution in [0.2, 0.25) is 0 Å². The van der Waals surface area contributed by atoms with E-state index in [1.807, 2.05) is 0 Å². The second-order valence-corrected chi connectivity index (χ2v) is 1.57. The molecule has 0 bridgehead atoms. The van der Waals surface area contributed by atoms with Crippen LogP contribution in [0.1, 0.15) is 13.8 Å². The van der Waals surface area contributed by atoms with Crippen molar-refractivity contribution in [2.45, 2.75) is 26.1 Å². The molecule has 0 aliphatic heterocycles. The van der Waals surface area contributed by atoms with Crippen LogP contribution >= 0.6 is 0 Å². The molecular formula is C6H8O2. The van der Waals surface area contributed by atoms with Crippen molar-refractivity contribution >= 4 is 0 Å². The molecule has 0 fully saturated rings. The molecule has 0 N–H and O–H groups in total. The lowest BCUT2D eigenvalue weighted by Gasteiger charge is -1.84. The summed E-state index contributed by atoms with van der Waals surface area (Å²) in [7, 11) is 0. The van der Waals surface area contributed by atoms with Crippen molar-refractivity contribution in [3.05, 3.63) is 0 Å². The van der Waals surface area contributed by atoms with Gasteiger partial charge in [0.15, 0.2) is 12.2 Å². The molecule has 0 saturated heterocycles. The third-order valence-corrected chi connectivity index (χ3v) is 0.490. The lowest BCUT2D eigenvalue weighted by molar-refractivity contribution is 0.145. The first kappa shape index (κ1) is 7.48. The number of rotatable bonds is 0. The maximum absolute atomic E-state index is 10.1. The molecule has 0 aromatic carbocycles. The van der Waals surface area contributed by atoms with Gasteiger partial charge in [-0.2, -0.15) is 0 Å². The van der Waals surface area contributed by atoms with Crippen molar-refractivity contribution in [1.29, 1.82) is 0 Å². The van der Waals surface area contributed by atoms with E-state index in [9.17, 15) is 10.2 Å². The van der Waals surface area contributed by atoms with Gasteiger partial charge in [-0.05, 0) is 13.8 Å². The Morgan fingerprint density at radius 1 is 1.00 bits per heavy atom. The smallest absolute Gasteiger partial charge is 0.150 e. The SMILES string of the molecule is CC([O])C#CC(C)[O]. The summed E-state index contributed by atoms with van der Waals surface area (Å²) < 4.78 is 0. The van der Waals surface area contributed by atoms with Crippen molar-refractivity contribution in [3.63, 3.8) is 0 Å². The highest BCUT2D eigenvalue weighted by molar-refractivity contribution is 5.06. The molecule has 0 rings (SSSR count). The van der Waals surface area contributed by atoms with E-state index in [1.165, 1.54) is 13.8 Å². The van der Waals surface area contributed by atoms with E-state index in [0.29, 0.717) is 0 Å².